The quantitative estimate of drug-likeness (QED) is 0.648. The zero-order chi connectivity index (χ0) is 17.8. The van der Waals surface area contributed by atoms with Crippen LogP contribution in [0.5, 0.6) is 0 Å². The van der Waals surface area contributed by atoms with E-state index < -0.39 is 11.7 Å². The van der Waals surface area contributed by atoms with Crippen molar-refractivity contribution in [1.29, 1.82) is 0 Å². The third-order valence-electron chi connectivity index (χ3n) is 3.93. The summed E-state index contributed by atoms with van der Waals surface area (Å²) in [6, 6.07) is 12.5. The van der Waals surface area contributed by atoms with Gasteiger partial charge in [0.25, 0.3) is 5.91 Å². The van der Waals surface area contributed by atoms with E-state index in [0.29, 0.717) is 17.0 Å². The van der Waals surface area contributed by atoms with Gasteiger partial charge in [-0.3, -0.25) is 9.59 Å². The third-order valence-corrected chi connectivity index (χ3v) is 3.93. The van der Waals surface area contributed by atoms with Gasteiger partial charge in [0.1, 0.15) is 5.82 Å². The predicted molar refractivity (Wildman–Crippen MR) is 93.9 cm³/mol. The first-order valence-electron chi connectivity index (χ1n) is 8.04. The number of rotatable bonds is 5. The van der Waals surface area contributed by atoms with Crippen LogP contribution in [0.25, 0.3) is 0 Å². The maximum Gasteiger partial charge on any atom is 0.271 e. The number of nitrogens with one attached hydrogen (secondary N) is 2. The van der Waals surface area contributed by atoms with Crippen molar-refractivity contribution in [3.8, 4) is 0 Å². The molecule has 0 aromatic heterocycles. The molecule has 2 aromatic rings. The van der Waals surface area contributed by atoms with E-state index in [1.807, 2.05) is 24.3 Å². The summed E-state index contributed by atoms with van der Waals surface area (Å²) >= 11 is 0. The summed E-state index contributed by atoms with van der Waals surface area (Å²) < 4.78 is 12.9. The topological polar surface area (TPSA) is 70.6 Å². The summed E-state index contributed by atoms with van der Waals surface area (Å²) in [7, 11) is 0. The molecular weight excluding hydrogens is 321 g/mol. The number of hydrogen-bond donors (Lipinski definition) is 2. The Morgan fingerprint density at radius 1 is 1.08 bits per heavy atom. The normalized spacial score (nSPS) is 14.1. The van der Waals surface area contributed by atoms with E-state index in [1.54, 1.807) is 6.92 Å². The van der Waals surface area contributed by atoms with E-state index in [0.717, 1.165) is 18.4 Å². The molecule has 0 unspecified atom stereocenters. The summed E-state index contributed by atoms with van der Waals surface area (Å²) in [6.07, 6.45) is 1.89. The molecule has 5 nitrogen and oxygen atoms in total. The minimum absolute atomic E-state index is 0.0383. The first kappa shape index (κ1) is 16.8. The van der Waals surface area contributed by atoms with Gasteiger partial charge in [0.2, 0.25) is 5.91 Å². The van der Waals surface area contributed by atoms with Crippen LogP contribution < -0.4 is 10.7 Å². The maximum absolute atomic E-state index is 12.9. The van der Waals surface area contributed by atoms with Crippen LogP contribution in [-0.4, -0.2) is 17.5 Å². The molecule has 0 saturated heterocycles. The number of hydrogen-bond acceptors (Lipinski definition) is 3. The Morgan fingerprint density at radius 3 is 2.48 bits per heavy atom. The smallest absolute Gasteiger partial charge is 0.271 e. The number of nitrogens with zero attached hydrogens (tertiary/aromatic N) is 1. The van der Waals surface area contributed by atoms with Crippen LogP contribution in [0.2, 0.25) is 0 Å². The predicted octanol–water partition coefficient (Wildman–Crippen LogP) is 3.33. The number of halogens is 1. The van der Waals surface area contributed by atoms with Gasteiger partial charge in [-0.15, -0.1) is 0 Å². The summed E-state index contributed by atoms with van der Waals surface area (Å²) in [5.41, 5.74) is 4.85. The molecule has 2 amide bonds. The molecule has 0 atom stereocenters. The lowest BCUT2D eigenvalue weighted by molar-refractivity contribution is -0.117. The van der Waals surface area contributed by atoms with Crippen molar-refractivity contribution in [2.24, 2.45) is 11.0 Å². The molecule has 25 heavy (non-hydrogen) atoms. The summed E-state index contributed by atoms with van der Waals surface area (Å²) in [4.78, 5) is 23.8. The Balaban J connectivity index is 1.66. The van der Waals surface area contributed by atoms with Crippen LogP contribution >= 0.6 is 0 Å². The van der Waals surface area contributed by atoms with Crippen molar-refractivity contribution in [3.05, 3.63) is 65.5 Å². The number of hydrazone groups is 1. The van der Waals surface area contributed by atoms with Crippen LogP contribution in [0, 0.1) is 11.7 Å². The first-order valence-corrected chi connectivity index (χ1v) is 8.04. The highest BCUT2D eigenvalue weighted by atomic mass is 19.1. The van der Waals surface area contributed by atoms with Gasteiger partial charge in [0, 0.05) is 17.2 Å². The third kappa shape index (κ3) is 4.50. The van der Waals surface area contributed by atoms with E-state index in [1.165, 1.54) is 24.3 Å². The first-order chi connectivity index (χ1) is 12.0. The van der Waals surface area contributed by atoms with Gasteiger partial charge in [0.15, 0.2) is 0 Å². The molecule has 0 aliphatic heterocycles. The number of benzene rings is 2. The van der Waals surface area contributed by atoms with Gasteiger partial charge in [-0.05, 0) is 61.7 Å². The molecule has 2 aromatic carbocycles. The van der Waals surface area contributed by atoms with Crippen LogP contribution in [0.4, 0.5) is 10.1 Å². The number of carbonyl (C=O) groups excluding carboxylic acids is 2. The van der Waals surface area contributed by atoms with Gasteiger partial charge < -0.3 is 5.32 Å². The zero-order valence-corrected chi connectivity index (χ0v) is 13.8. The van der Waals surface area contributed by atoms with Gasteiger partial charge in [0.05, 0.1) is 5.71 Å². The highest BCUT2D eigenvalue weighted by Gasteiger charge is 2.29. The highest BCUT2D eigenvalue weighted by molar-refractivity contribution is 6.02. The molecule has 6 heteroatoms. The zero-order valence-electron chi connectivity index (χ0n) is 13.8. The molecule has 1 aliphatic carbocycles. The molecule has 3 rings (SSSR count). The molecule has 1 saturated carbocycles. The second-order valence-electron chi connectivity index (χ2n) is 5.99. The second-order valence-corrected chi connectivity index (χ2v) is 5.99. The summed E-state index contributed by atoms with van der Waals surface area (Å²) in [5, 5.41) is 6.95. The van der Waals surface area contributed by atoms with Crippen LogP contribution in [-0.2, 0) is 4.79 Å². The molecule has 1 aliphatic rings. The lowest BCUT2D eigenvalue weighted by Gasteiger charge is -2.07. The minimum Gasteiger partial charge on any atom is -0.326 e. The van der Waals surface area contributed by atoms with Crippen molar-refractivity contribution in [3.63, 3.8) is 0 Å². The fourth-order valence-electron chi connectivity index (χ4n) is 2.28. The fourth-order valence-corrected chi connectivity index (χ4v) is 2.28. The van der Waals surface area contributed by atoms with Crippen molar-refractivity contribution in [1.82, 2.24) is 5.43 Å². The molecule has 2 N–H and O–H groups in total. The average Bonchev–Trinajstić information content (AvgIpc) is 3.45. The van der Waals surface area contributed by atoms with Crippen molar-refractivity contribution >= 4 is 23.2 Å². The Labute approximate surface area is 144 Å². The number of anilines is 1. The lowest BCUT2D eigenvalue weighted by Crippen LogP contribution is -2.19. The van der Waals surface area contributed by atoms with E-state index in [9.17, 15) is 14.0 Å². The van der Waals surface area contributed by atoms with Gasteiger partial charge in [-0.1, -0.05) is 12.1 Å². The molecule has 0 spiro atoms. The van der Waals surface area contributed by atoms with E-state index in [2.05, 4.69) is 15.8 Å². The molecule has 0 radical (unpaired) electrons. The number of carbonyl (C=O) groups is 2. The maximum atomic E-state index is 12.9. The second kappa shape index (κ2) is 7.25. The molecule has 128 valence electrons. The van der Waals surface area contributed by atoms with Gasteiger partial charge >= 0.3 is 0 Å². The van der Waals surface area contributed by atoms with Crippen molar-refractivity contribution in [2.75, 3.05) is 5.32 Å². The number of amides is 2. The summed E-state index contributed by atoms with van der Waals surface area (Å²) in [6.45, 7) is 1.76. The standard InChI is InChI=1S/C19H18FN3O2/c1-12(22-23-19(25)14-7-9-16(20)10-8-14)15-3-2-4-17(11-15)21-18(24)13-5-6-13/h2-4,7-11,13H,5-6H2,1H3,(H,21,24)(H,23,25). The molecule has 1 fully saturated rings. The largest absolute Gasteiger partial charge is 0.326 e. The van der Waals surface area contributed by atoms with E-state index in [-0.39, 0.29) is 11.8 Å². The molecular formula is C19H18FN3O2. The minimum atomic E-state index is -0.419. The van der Waals surface area contributed by atoms with Crippen LogP contribution in [0.1, 0.15) is 35.7 Å². The SMILES string of the molecule is CC(=NNC(=O)c1ccc(F)cc1)c1cccc(NC(=O)C2CC2)c1. The Morgan fingerprint density at radius 2 is 1.80 bits per heavy atom. The van der Waals surface area contributed by atoms with E-state index >= 15 is 0 Å². The fraction of sp³-hybridized carbons (Fsp3) is 0.211. The van der Waals surface area contributed by atoms with Crippen LogP contribution in [0.3, 0.4) is 0 Å². The Bertz CT molecular complexity index is 827. The molecule has 0 heterocycles. The lowest BCUT2D eigenvalue weighted by atomic mass is 10.1. The summed E-state index contributed by atoms with van der Waals surface area (Å²) in [5.74, 6) is -0.649. The molecule has 0 bridgehead atoms. The van der Waals surface area contributed by atoms with Crippen LogP contribution in [0.15, 0.2) is 53.6 Å². The van der Waals surface area contributed by atoms with E-state index in [4.69, 9.17) is 0 Å². The van der Waals surface area contributed by atoms with Crippen molar-refractivity contribution < 1.29 is 14.0 Å². The van der Waals surface area contributed by atoms with Gasteiger partial charge in [-0.2, -0.15) is 5.10 Å². The Hall–Kier alpha value is -3.02. The van der Waals surface area contributed by atoms with Gasteiger partial charge in [-0.25, -0.2) is 9.82 Å². The Kier molecular flexibility index (Phi) is 4.88. The highest BCUT2D eigenvalue weighted by Crippen LogP contribution is 2.30. The average molecular weight is 339 g/mol. The van der Waals surface area contributed by atoms with Crippen molar-refractivity contribution in [2.45, 2.75) is 19.8 Å². The monoisotopic (exact) mass is 339 g/mol.